The Hall–Kier alpha value is -2.19. The zero-order valence-electron chi connectivity index (χ0n) is 12.1. The van der Waals surface area contributed by atoms with Gasteiger partial charge < -0.3 is 0 Å². The molecule has 0 fully saturated rings. The van der Waals surface area contributed by atoms with Crippen LogP contribution in [0.1, 0.15) is 16.7 Å². The Morgan fingerprint density at radius 2 is 1.33 bits per heavy atom. The van der Waals surface area contributed by atoms with Gasteiger partial charge in [0, 0.05) is 7.05 Å². The molecule has 0 saturated carbocycles. The molecule has 0 saturated heterocycles. The Labute approximate surface area is 124 Å². The van der Waals surface area contributed by atoms with Gasteiger partial charge in [-0.25, -0.2) is 0 Å². The monoisotopic (exact) mass is 279 g/mol. The van der Waals surface area contributed by atoms with Crippen LogP contribution >= 0.6 is 0 Å². The summed E-state index contributed by atoms with van der Waals surface area (Å²) in [5, 5.41) is 3.06. The highest BCUT2D eigenvalue weighted by Gasteiger charge is 2.08. The summed E-state index contributed by atoms with van der Waals surface area (Å²) in [6, 6.07) is 22.8. The molecule has 0 bridgehead atoms. The number of rotatable bonds is 4. The van der Waals surface area contributed by atoms with Gasteiger partial charge in [0.1, 0.15) is 0 Å². The first-order valence-corrected chi connectivity index (χ1v) is 7.14. The van der Waals surface area contributed by atoms with Crippen molar-refractivity contribution in [2.45, 2.75) is 13.0 Å². The fourth-order valence-electron chi connectivity index (χ4n) is 2.77. The average Bonchev–Trinajstić information content (AvgIpc) is 2.50. The van der Waals surface area contributed by atoms with E-state index in [0.29, 0.717) is 6.54 Å². The van der Waals surface area contributed by atoms with E-state index in [1.807, 2.05) is 24.3 Å². The lowest BCUT2D eigenvalue weighted by molar-refractivity contribution is 0.0510. The second kappa shape index (κ2) is 6.06. The third kappa shape index (κ3) is 3.11. The molecule has 3 aromatic carbocycles. The van der Waals surface area contributed by atoms with Gasteiger partial charge in [0.15, 0.2) is 0 Å². The Morgan fingerprint density at radius 3 is 2.00 bits per heavy atom. The predicted octanol–water partition coefficient (Wildman–Crippen LogP) is 4.75. The lowest BCUT2D eigenvalue weighted by atomic mass is 9.95. The highest BCUT2D eigenvalue weighted by molar-refractivity contribution is 5.89. The molecule has 0 aliphatic heterocycles. The van der Waals surface area contributed by atoms with Gasteiger partial charge in [-0.2, -0.15) is 0 Å². The molecule has 0 heterocycles. The number of fused-ring (bicyclic) bond motifs is 1. The molecule has 106 valence electrons. The van der Waals surface area contributed by atoms with Crippen LogP contribution in [0.25, 0.3) is 10.8 Å². The zero-order valence-corrected chi connectivity index (χ0v) is 12.1. The molecule has 21 heavy (non-hydrogen) atoms. The van der Waals surface area contributed by atoms with E-state index in [1.54, 1.807) is 0 Å². The Balaban J connectivity index is 2.04. The minimum atomic E-state index is 0.312. The fourth-order valence-corrected chi connectivity index (χ4v) is 2.77. The minimum Gasteiger partial charge on any atom is -0.145 e. The summed E-state index contributed by atoms with van der Waals surface area (Å²) in [6.07, 6.45) is 0.896. The second-order valence-electron chi connectivity index (χ2n) is 5.35. The van der Waals surface area contributed by atoms with Crippen LogP contribution < -0.4 is 0 Å². The number of hydrogen-bond acceptors (Lipinski definition) is 1. The summed E-state index contributed by atoms with van der Waals surface area (Å²) in [7, 11) is 1.45. The molecule has 0 radical (unpaired) electrons. The number of benzene rings is 3. The summed E-state index contributed by atoms with van der Waals surface area (Å²) >= 11 is 0. The first-order valence-electron chi connectivity index (χ1n) is 7.14. The molecule has 2 heteroatoms. The van der Waals surface area contributed by atoms with Crippen LogP contribution in [0.2, 0.25) is 0 Å². The molecule has 1 nitrogen and oxygen atoms in total. The van der Waals surface area contributed by atoms with E-state index in [0.717, 1.165) is 22.5 Å². The van der Waals surface area contributed by atoms with E-state index < -0.39 is 0 Å². The lowest BCUT2D eigenvalue weighted by Gasteiger charge is -2.13. The summed E-state index contributed by atoms with van der Waals surface area (Å²) in [6.45, 7) is 0.312. The topological polar surface area (TPSA) is 3.24 Å². The first kappa shape index (κ1) is 13.8. The third-order valence-electron chi connectivity index (χ3n) is 3.73. The van der Waals surface area contributed by atoms with E-state index in [2.05, 4.69) is 42.5 Å². The molecule has 3 aromatic rings. The standard InChI is InChI=1S/C19H18FN/c1-21(20)14-17-12-11-16(13-15-7-3-2-4-8-15)18-9-5-6-10-19(17)18/h2-12H,13-14H2,1H3. The molecule has 0 aliphatic rings. The molecule has 0 atom stereocenters. The van der Waals surface area contributed by atoms with Crippen molar-refractivity contribution in [1.29, 1.82) is 0 Å². The molecule has 0 aliphatic carbocycles. The van der Waals surface area contributed by atoms with Crippen LogP contribution in [0.3, 0.4) is 0 Å². The number of nitrogens with zero attached hydrogens (tertiary/aromatic N) is 1. The van der Waals surface area contributed by atoms with Crippen molar-refractivity contribution in [3.05, 3.63) is 83.4 Å². The van der Waals surface area contributed by atoms with Crippen molar-refractivity contribution in [1.82, 2.24) is 5.12 Å². The summed E-state index contributed by atoms with van der Waals surface area (Å²) in [4.78, 5) is 0. The highest BCUT2D eigenvalue weighted by atomic mass is 19.2. The van der Waals surface area contributed by atoms with Gasteiger partial charge in [-0.1, -0.05) is 66.7 Å². The van der Waals surface area contributed by atoms with Crippen LogP contribution in [0.4, 0.5) is 4.48 Å². The quantitative estimate of drug-likeness (QED) is 0.623. The Kier molecular flexibility index (Phi) is 3.98. The maximum atomic E-state index is 13.2. The van der Waals surface area contributed by atoms with Crippen LogP contribution in [0.15, 0.2) is 66.7 Å². The van der Waals surface area contributed by atoms with Crippen molar-refractivity contribution in [3.63, 3.8) is 0 Å². The molecule has 0 aromatic heterocycles. The average molecular weight is 279 g/mol. The first-order chi connectivity index (χ1) is 10.2. The number of halogens is 1. The van der Waals surface area contributed by atoms with Crippen molar-refractivity contribution >= 4 is 10.8 Å². The van der Waals surface area contributed by atoms with Crippen LogP contribution in [-0.4, -0.2) is 12.2 Å². The van der Waals surface area contributed by atoms with Gasteiger partial charge in [0.05, 0.1) is 6.54 Å². The molecule has 0 N–H and O–H groups in total. The van der Waals surface area contributed by atoms with Gasteiger partial charge in [0.25, 0.3) is 0 Å². The molecule has 0 amide bonds. The minimum absolute atomic E-state index is 0.312. The molecule has 0 spiro atoms. The molecular formula is C19H18FN. The lowest BCUT2D eigenvalue weighted by Crippen LogP contribution is -2.06. The van der Waals surface area contributed by atoms with Crippen LogP contribution in [0.5, 0.6) is 0 Å². The van der Waals surface area contributed by atoms with Gasteiger partial charge >= 0.3 is 0 Å². The maximum absolute atomic E-state index is 13.2. The fraction of sp³-hybridized carbons (Fsp3) is 0.158. The normalized spacial score (nSPS) is 11.2. The van der Waals surface area contributed by atoms with E-state index in [1.165, 1.54) is 23.6 Å². The van der Waals surface area contributed by atoms with Gasteiger partial charge in [-0.05, 0) is 33.9 Å². The Morgan fingerprint density at radius 1 is 0.762 bits per heavy atom. The van der Waals surface area contributed by atoms with Crippen LogP contribution in [0, 0.1) is 0 Å². The SMILES string of the molecule is CN(F)Cc1ccc(Cc2ccccc2)c2ccccc12. The van der Waals surface area contributed by atoms with Crippen molar-refractivity contribution in [2.75, 3.05) is 7.05 Å². The molecule has 3 rings (SSSR count). The molecular weight excluding hydrogens is 261 g/mol. The summed E-state index contributed by atoms with van der Waals surface area (Å²) in [5.74, 6) is 0. The molecule has 0 unspecified atom stereocenters. The highest BCUT2D eigenvalue weighted by Crippen LogP contribution is 2.25. The predicted molar refractivity (Wildman–Crippen MR) is 85.8 cm³/mol. The van der Waals surface area contributed by atoms with Gasteiger partial charge in [0.2, 0.25) is 0 Å². The van der Waals surface area contributed by atoms with E-state index >= 15 is 0 Å². The van der Waals surface area contributed by atoms with Gasteiger partial charge in [-0.15, -0.1) is 9.60 Å². The zero-order chi connectivity index (χ0) is 14.7. The largest absolute Gasteiger partial charge is 0.145 e. The number of hydrogen-bond donors (Lipinski definition) is 0. The summed E-state index contributed by atoms with van der Waals surface area (Å²) in [5.41, 5.74) is 3.59. The third-order valence-corrected chi connectivity index (χ3v) is 3.73. The van der Waals surface area contributed by atoms with E-state index in [9.17, 15) is 4.48 Å². The van der Waals surface area contributed by atoms with Gasteiger partial charge in [-0.3, -0.25) is 0 Å². The smallest absolute Gasteiger partial charge is 0.0543 e. The van der Waals surface area contributed by atoms with E-state index in [-0.39, 0.29) is 0 Å². The van der Waals surface area contributed by atoms with E-state index in [4.69, 9.17) is 0 Å². The maximum Gasteiger partial charge on any atom is 0.0543 e. The summed E-state index contributed by atoms with van der Waals surface area (Å²) < 4.78 is 13.2. The van der Waals surface area contributed by atoms with Crippen molar-refractivity contribution in [3.8, 4) is 0 Å². The van der Waals surface area contributed by atoms with Crippen LogP contribution in [-0.2, 0) is 13.0 Å². The second-order valence-corrected chi connectivity index (χ2v) is 5.35. The van der Waals surface area contributed by atoms with Crippen molar-refractivity contribution in [2.24, 2.45) is 0 Å². The van der Waals surface area contributed by atoms with Crippen molar-refractivity contribution < 1.29 is 4.48 Å². The Bertz CT molecular complexity index is 735.